The van der Waals surface area contributed by atoms with Crippen molar-refractivity contribution >= 4 is 34.2 Å². The van der Waals surface area contributed by atoms with Crippen molar-refractivity contribution in [2.24, 2.45) is 0 Å². The number of hydrogen-bond donors (Lipinski definition) is 0. The summed E-state index contributed by atoms with van der Waals surface area (Å²) in [6.07, 6.45) is 0.874. The standard InChI is InChI=1S/C26H19ClFNO4/c1-2-12-32-19-9-6-15(7-10-19)23-22-24(30)20-14-17(28)8-11-21(20)33-25(22)26(31)29(23)18-5-3-4-16(27)13-18/h3-11,13-14,23H,2,12H2,1H3. The lowest BCUT2D eigenvalue weighted by molar-refractivity contribution is 0.0971. The Morgan fingerprint density at radius 3 is 2.58 bits per heavy atom. The first-order valence-corrected chi connectivity index (χ1v) is 10.9. The minimum Gasteiger partial charge on any atom is -0.494 e. The summed E-state index contributed by atoms with van der Waals surface area (Å²) in [7, 11) is 0. The van der Waals surface area contributed by atoms with Crippen LogP contribution in [0, 0.1) is 5.82 Å². The van der Waals surface area contributed by atoms with E-state index in [9.17, 15) is 14.0 Å². The number of ether oxygens (including phenoxy) is 1. The number of fused-ring (bicyclic) bond motifs is 2. The fourth-order valence-electron chi connectivity index (χ4n) is 4.12. The SMILES string of the molecule is CCCOc1ccc(C2c3c(oc4ccc(F)cc4c3=O)C(=O)N2c2cccc(Cl)c2)cc1. The molecule has 166 valence electrons. The number of nitrogens with zero attached hydrogens (tertiary/aromatic N) is 1. The van der Waals surface area contributed by atoms with Crippen molar-refractivity contribution in [3.63, 3.8) is 0 Å². The van der Waals surface area contributed by atoms with Gasteiger partial charge in [0.2, 0.25) is 5.76 Å². The van der Waals surface area contributed by atoms with Gasteiger partial charge in [-0.2, -0.15) is 0 Å². The molecule has 0 bridgehead atoms. The molecule has 33 heavy (non-hydrogen) atoms. The molecule has 0 saturated carbocycles. The maximum absolute atomic E-state index is 13.9. The average Bonchev–Trinajstić information content (AvgIpc) is 3.11. The predicted octanol–water partition coefficient (Wildman–Crippen LogP) is 6.12. The van der Waals surface area contributed by atoms with E-state index < -0.39 is 23.2 Å². The molecule has 0 N–H and O–H groups in total. The van der Waals surface area contributed by atoms with Gasteiger partial charge in [0.05, 0.1) is 23.6 Å². The zero-order chi connectivity index (χ0) is 23.1. The molecule has 1 aliphatic rings. The van der Waals surface area contributed by atoms with Crippen LogP contribution in [0.4, 0.5) is 10.1 Å². The molecule has 1 aromatic heterocycles. The Hall–Kier alpha value is -3.64. The smallest absolute Gasteiger partial charge is 0.295 e. The highest BCUT2D eigenvalue weighted by Gasteiger charge is 2.43. The Morgan fingerprint density at radius 1 is 1.06 bits per heavy atom. The summed E-state index contributed by atoms with van der Waals surface area (Å²) in [6, 6.07) is 17.0. The molecule has 1 aliphatic heterocycles. The van der Waals surface area contributed by atoms with Crippen LogP contribution in [-0.2, 0) is 0 Å². The Bertz CT molecular complexity index is 1430. The van der Waals surface area contributed by atoms with Gasteiger partial charge < -0.3 is 9.15 Å². The molecule has 3 aromatic carbocycles. The normalized spacial score (nSPS) is 15.2. The van der Waals surface area contributed by atoms with Crippen LogP contribution >= 0.6 is 11.6 Å². The van der Waals surface area contributed by atoms with Gasteiger partial charge in [0, 0.05) is 10.7 Å². The minimum absolute atomic E-state index is 0.0598. The number of benzene rings is 3. The number of amides is 1. The molecule has 2 heterocycles. The molecule has 1 unspecified atom stereocenters. The van der Waals surface area contributed by atoms with Crippen LogP contribution in [0.5, 0.6) is 5.75 Å². The quantitative estimate of drug-likeness (QED) is 0.357. The number of carbonyl (C=O) groups excluding carboxylic acids is 1. The lowest BCUT2D eigenvalue weighted by Gasteiger charge is -2.25. The second-order valence-corrected chi connectivity index (χ2v) is 8.23. The van der Waals surface area contributed by atoms with E-state index in [4.69, 9.17) is 20.8 Å². The maximum atomic E-state index is 13.9. The molecule has 0 spiro atoms. The summed E-state index contributed by atoms with van der Waals surface area (Å²) in [5, 5.41) is 0.534. The highest BCUT2D eigenvalue weighted by Crippen LogP contribution is 2.42. The van der Waals surface area contributed by atoms with E-state index >= 15 is 0 Å². The van der Waals surface area contributed by atoms with E-state index in [2.05, 4.69) is 0 Å². The van der Waals surface area contributed by atoms with E-state index in [-0.39, 0.29) is 22.3 Å². The highest BCUT2D eigenvalue weighted by atomic mass is 35.5. The summed E-state index contributed by atoms with van der Waals surface area (Å²) < 4.78 is 25.4. The molecule has 7 heteroatoms. The molecule has 4 aromatic rings. The first-order chi connectivity index (χ1) is 16.0. The third-order valence-electron chi connectivity index (χ3n) is 5.59. The van der Waals surface area contributed by atoms with Gasteiger partial charge in [0.15, 0.2) is 5.43 Å². The number of rotatable bonds is 5. The first kappa shape index (κ1) is 21.2. The molecule has 0 saturated heterocycles. The van der Waals surface area contributed by atoms with Crippen LogP contribution in [0.15, 0.2) is 75.9 Å². The number of hydrogen-bond acceptors (Lipinski definition) is 4. The van der Waals surface area contributed by atoms with E-state index in [1.165, 1.54) is 17.0 Å². The summed E-state index contributed by atoms with van der Waals surface area (Å²) in [5.74, 6) is -0.394. The van der Waals surface area contributed by atoms with Crippen LogP contribution in [0.1, 0.15) is 41.1 Å². The predicted molar refractivity (Wildman–Crippen MR) is 125 cm³/mol. The second kappa shape index (κ2) is 8.37. The van der Waals surface area contributed by atoms with Gasteiger partial charge in [-0.15, -0.1) is 0 Å². The van der Waals surface area contributed by atoms with Crippen molar-refractivity contribution in [2.75, 3.05) is 11.5 Å². The Morgan fingerprint density at radius 2 is 1.85 bits per heavy atom. The highest BCUT2D eigenvalue weighted by molar-refractivity contribution is 6.31. The van der Waals surface area contributed by atoms with Crippen molar-refractivity contribution in [3.8, 4) is 5.75 Å². The summed E-state index contributed by atoms with van der Waals surface area (Å²) in [6.45, 7) is 2.60. The van der Waals surface area contributed by atoms with Crippen molar-refractivity contribution in [2.45, 2.75) is 19.4 Å². The Labute approximate surface area is 194 Å². The van der Waals surface area contributed by atoms with Gasteiger partial charge in [-0.3, -0.25) is 14.5 Å². The fourth-order valence-corrected chi connectivity index (χ4v) is 4.30. The third-order valence-corrected chi connectivity index (χ3v) is 5.82. The second-order valence-electron chi connectivity index (χ2n) is 7.79. The molecule has 0 radical (unpaired) electrons. The Balaban J connectivity index is 1.73. The average molecular weight is 464 g/mol. The summed E-state index contributed by atoms with van der Waals surface area (Å²) in [4.78, 5) is 28.5. The van der Waals surface area contributed by atoms with Crippen LogP contribution in [0.3, 0.4) is 0 Å². The zero-order valence-electron chi connectivity index (χ0n) is 17.7. The Kier molecular flexibility index (Phi) is 5.38. The van der Waals surface area contributed by atoms with Gasteiger partial charge in [0.1, 0.15) is 17.1 Å². The lowest BCUT2D eigenvalue weighted by atomic mass is 9.98. The molecular weight excluding hydrogens is 445 g/mol. The van der Waals surface area contributed by atoms with Gasteiger partial charge in [-0.25, -0.2) is 4.39 Å². The van der Waals surface area contributed by atoms with Crippen molar-refractivity contribution < 1.29 is 18.3 Å². The van der Waals surface area contributed by atoms with Crippen molar-refractivity contribution in [1.82, 2.24) is 0 Å². The summed E-state index contributed by atoms with van der Waals surface area (Å²) in [5.41, 5.74) is 1.09. The number of anilines is 1. The van der Waals surface area contributed by atoms with E-state index in [1.807, 2.05) is 19.1 Å². The van der Waals surface area contributed by atoms with Crippen LogP contribution in [0.25, 0.3) is 11.0 Å². The maximum Gasteiger partial charge on any atom is 0.295 e. The van der Waals surface area contributed by atoms with Crippen molar-refractivity contribution in [1.29, 1.82) is 0 Å². The van der Waals surface area contributed by atoms with Gasteiger partial charge in [-0.05, 0) is 60.5 Å². The van der Waals surface area contributed by atoms with Crippen molar-refractivity contribution in [3.05, 3.63) is 105 Å². The van der Waals surface area contributed by atoms with Gasteiger partial charge >= 0.3 is 0 Å². The molecule has 1 amide bonds. The number of carbonyl (C=O) groups is 1. The van der Waals surface area contributed by atoms with Gasteiger partial charge in [-0.1, -0.05) is 36.7 Å². The molecule has 5 nitrogen and oxygen atoms in total. The third kappa shape index (κ3) is 3.66. The van der Waals surface area contributed by atoms with Crippen LogP contribution in [-0.4, -0.2) is 12.5 Å². The molecule has 1 atom stereocenters. The molecular formula is C26H19ClFNO4. The van der Waals surface area contributed by atoms with Gasteiger partial charge in [0.25, 0.3) is 5.91 Å². The first-order valence-electron chi connectivity index (χ1n) is 10.6. The molecule has 5 rings (SSSR count). The molecule has 0 fully saturated rings. The topological polar surface area (TPSA) is 59.8 Å². The molecule has 0 aliphatic carbocycles. The van der Waals surface area contributed by atoms with E-state index in [0.717, 1.165) is 12.5 Å². The van der Waals surface area contributed by atoms with E-state index in [0.29, 0.717) is 28.6 Å². The largest absolute Gasteiger partial charge is 0.494 e. The lowest BCUT2D eigenvalue weighted by Crippen LogP contribution is -2.29. The minimum atomic E-state index is -0.768. The summed E-state index contributed by atoms with van der Waals surface area (Å²) >= 11 is 6.20. The monoisotopic (exact) mass is 463 g/mol. The fraction of sp³-hybridized carbons (Fsp3) is 0.154. The van der Waals surface area contributed by atoms with Crippen LogP contribution < -0.4 is 15.1 Å². The zero-order valence-corrected chi connectivity index (χ0v) is 18.4. The van der Waals surface area contributed by atoms with Crippen LogP contribution in [0.2, 0.25) is 5.02 Å². The number of halogens is 2. The van der Waals surface area contributed by atoms with E-state index in [1.54, 1.807) is 36.4 Å².